The standard InChI is InChI=1S/C18H21N3O3S2/c1-18(6-8-26(23,24)11-18)20-16(22)14-10-25-17(19-14)13-3-4-15-12(9-13)5-7-21(15)2/h3-4,9-10H,5-8,11H2,1-2H3,(H,20,22). The smallest absolute Gasteiger partial charge is 0.271 e. The van der Waals surface area contributed by atoms with Crippen LogP contribution in [0.4, 0.5) is 5.69 Å². The van der Waals surface area contributed by atoms with Crippen molar-refractivity contribution in [1.82, 2.24) is 10.3 Å². The molecule has 0 bridgehead atoms. The summed E-state index contributed by atoms with van der Waals surface area (Å²) in [6.45, 7) is 2.80. The van der Waals surface area contributed by atoms with E-state index in [4.69, 9.17) is 0 Å². The Morgan fingerprint density at radius 1 is 1.38 bits per heavy atom. The van der Waals surface area contributed by atoms with E-state index in [1.165, 1.54) is 22.6 Å². The lowest BCUT2D eigenvalue weighted by atomic mass is 10.0. The molecule has 138 valence electrons. The fourth-order valence-corrected chi connectivity index (χ4v) is 6.55. The lowest BCUT2D eigenvalue weighted by molar-refractivity contribution is 0.0911. The first-order chi connectivity index (χ1) is 12.2. The third-order valence-corrected chi connectivity index (χ3v) is 7.90. The summed E-state index contributed by atoms with van der Waals surface area (Å²) in [6.07, 6.45) is 1.46. The number of likely N-dealkylation sites (N-methyl/N-ethyl adjacent to an activating group) is 1. The topological polar surface area (TPSA) is 79.4 Å². The van der Waals surface area contributed by atoms with Crippen LogP contribution >= 0.6 is 11.3 Å². The monoisotopic (exact) mass is 391 g/mol. The van der Waals surface area contributed by atoms with Crippen molar-refractivity contribution in [3.05, 3.63) is 34.8 Å². The Morgan fingerprint density at radius 3 is 2.92 bits per heavy atom. The zero-order valence-corrected chi connectivity index (χ0v) is 16.4. The van der Waals surface area contributed by atoms with Crippen LogP contribution in [0.15, 0.2) is 23.6 Å². The Balaban J connectivity index is 1.52. The van der Waals surface area contributed by atoms with Crippen molar-refractivity contribution >= 4 is 32.8 Å². The summed E-state index contributed by atoms with van der Waals surface area (Å²) in [5.74, 6) is -0.204. The summed E-state index contributed by atoms with van der Waals surface area (Å²) >= 11 is 1.43. The molecular formula is C18H21N3O3S2. The van der Waals surface area contributed by atoms with E-state index in [1.807, 2.05) is 6.07 Å². The summed E-state index contributed by atoms with van der Waals surface area (Å²) in [5, 5.41) is 5.39. The van der Waals surface area contributed by atoms with Crippen LogP contribution in [0, 0.1) is 0 Å². The molecule has 6 nitrogen and oxygen atoms in total. The Hall–Kier alpha value is -1.93. The zero-order valence-electron chi connectivity index (χ0n) is 14.8. The maximum atomic E-state index is 12.5. The van der Waals surface area contributed by atoms with E-state index in [1.54, 1.807) is 12.3 Å². The lowest BCUT2D eigenvalue weighted by Gasteiger charge is -2.23. The van der Waals surface area contributed by atoms with Gasteiger partial charge in [0, 0.05) is 30.2 Å². The first kappa shape index (κ1) is 17.5. The minimum absolute atomic E-state index is 0.0128. The molecule has 2 aliphatic rings. The molecule has 2 aliphatic heterocycles. The lowest BCUT2D eigenvalue weighted by Crippen LogP contribution is -2.47. The van der Waals surface area contributed by atoms with Gasteiger partial charge in [0.05, 0.1) is 17.0 Å². The van der Waals surface area contributed by atoms with Gasteiger partial charge in [-0.05, 0) is 43.5 Å². The first-order valence-electron chi connectivity index (χ1n) is 8.58. The highest BCUT2D eigenvalue weighted by Gasteiger charge is 2.39. The summed E-state index contributed by atoms with van der Waals surface area (Å²) in [4.78, 5) is 19.2. The molecule has 1 aromatic carbocycles. The zero-order chi connectivity index (χ0) is 18.5. The summed E-state index contributed by atoms with van der Waals surface area (Å²) in [6, 6.07) is 6.28. The highest BCUT2D eigenvalue weighted by Crippen LogP contribution is 2.32. The van der Waals surface area contributed by atoms with Crippen LogP contribution < -0.4 is 10.2 Å². The van der Waals surface area contributed by atoms with Gasteiger partial charge in [0.2, 0.25) is 0 Å². The van der Waals surface area contributed by atoms with Crippen LogP contribution in [0.3, 0.4) is 0 Å². The molecule has 1 saturated heterocycles. The van der Waals surface area contributed by atoms with Gasteiger partial charge in [0.25, 0.3) is 5.91 Å². The molecule has 0 aliphatic carbocycles. The first-order valence-corrected chi connectivity index (χ1v) is 11.3. The number of sulfone groups is 1. The van der Waals surface area contributed by atoms with Gasteiger partial charge in [-0.3, -0.25) is 4.79 Å². The normalized spacial score (nSPS) is 23.8. The quantitative estimate of drug-likeness (QED) is 0.867. The molecular weight excluding hydrogens is 370 g/mol. The maximum Gasteiger partial charge on any atom is 0.271 e. The molecule has 0 saturated carbocycles. The fourth-order valence-electron chi connectivity index (χ4n) is 3.66. The van der Waals surface area contributed by atoms with Crippen LogP contribution in [0.1, 0.15) is 29.4 Å². The largest absolute Gasteiger partial charge is 0.374 e. The Kier molecular flexibility index (Phi) is 4.07. The number of carbonyl (C=O) groups is 1. The van der Waals surface area contributed by atoms with Crippen molar-refractivity contribution in [2.75, 3.05) is 30.0 Å². The molecule has 2 aromatic rings. The summed E-state index contributed by atoms with van der Waals surface area (Å²) in [7, 11) is -0.982. The molecule has 26 heavy (non-hydrogen) atoms. The number of nitrogens with one attached hydrogen (secondary N) is 1. The summed E-state index contributed by atoms with van der Waals surface area (Å²) < 4.78 is 23.4. The SMILES string of the molecule is CN1CCc2cc(-c3nc(C(=O)NC4(C)CCS(=O)(=O)C4)cs3)ccc21. The van der Waals surface area contributed by atoms with Crippen LogP contribution in [-0.2, 0) is 16.3 Å². The van der Waals surface area contributed by atoms with Crippen LogP contribution in [0.2, 0.25) is 0 Å². The van der Waals surface area contributed by atoms with E-state index in [9.17, 15) is 13.2 Å². The molecule has 0 radical (unpaired) electrons. The molecule has 1 unspecified atom stereocenters. The van der Waals surface area contributed by atoms with Crippen molar-refractivity contribution < 1.29 is 13.2 Å². The van der Waals surface area contributed by atoms with Crippen LogP contribution in [0.25, 0.3) is 10.6 Å². The Morgan fingerprint density at radius 2 is 2.19 bits per heavy atom. The van der Waals surface area contributed by atoms with Gasteiger partial charge in [0.15, 0.2) is 9.84 Å². The Bertz CT molecular complexity index is 983. The molecule has 1 amide bonds. The van der Waals surface area contributed by atoms with Gasteiger partial charge in [-0.1, -0.05) is 0 Å². The second-order valence-corrected chi connectivity index (χ2v) is 10.5. The van der Waals surface area contributed by atoms with Crippen molar-refractivity contribution in [1.29, 1.82) is 0 Å². The van der Waals surface area contributed by atoms with E-state index in [2.05, 4.69) is 34.4 Å². The predicted molar refractivity (Wildman–Crippen MR) is 104 cm³/mol. The molecule has 1 N–H and O–H groups in total. The maximum absolute atomic E-state index is 12.5. The number of aromatic nitrogens is 1. The number of hydrogen-bond donors (Lipinski definition) is 1. The van der Waals surface area contributed by atoms with E-state index >= 15 is 0 Å². The number of nitrogens with zero attached hydrogens (tertiary/aromatic N) is 2. The van der Waals surface area contributed by atoms with Crippen molar-refractivity contribution in [3.8, 4) is 10.6 Å². The van der Waals surface area contributed by atoms with Gasteiger partial charge in [-0.15, -0.1) is 11.3 Å². The van der Waals surface area contributed by atoms with E-state index in [0.29, 0.717) is 12.1 Å². The van der Waals surface area contributed by atoms with Crippen molar-refractivity contribution in [2.24, 2.45) is 0 Å². The summed E-state index contributed by atoms with van der Waals surface area (Å²) in [5.41, 5.74) is 3.19. The molecule has 1 aromatic heterocycles. The highest BCUT2D eigenvalue weighted by atomic mass is 32.2. The molecule has 4 rings (SSSR count). The second-order valence-electron chi connectivity index (χ2n) is 7.41. The second kappa shape index (κ2) is 6.06. The number of rotatable bonds is 3. The molecule has 1 atom stereocenters. The van der Waals surface area contributed by atoms with Crippen LogP contribution in [0.5, 0.6) is 0 Å². The van der Waals surface area contributed by atoms with Gasteiger partial charge < -0.3 is 10.2 Å². The molecule has 1 fully saturated rings. The fraction of sp³-hybridized carbons (Fsp3) is 0.444. The van der Waals surface area contributed by atoms with Gasteiger partial charge in [-0.2, -0.15) is 0 Å². The van der Waals surface area contributed by atoms with Gasteiger partial charge >= 0.3 is 0 Å². The van der Waals surface area contributed by atoms with Gasteiger partial charge in [-0.25, -0.2) is 13.4 Å². The average Bonchev–Trinajstić information content (AvgIpc) is 3.26. The van der Waals surface area contributed by atoms with Gasteiger partial charge in [0.1, 0.15) is 10.7 Å². The minimum atomic E-state index is -3.07. The van der Waals surface area contributed by atoms with E-state index < -0.39 is 15.4 Å². The number of carbonyl (C=O) groups excluding carboxylic acids is 1. The van der Waals surface area contributed by atoms with Crippen LogP contribution in [-0.4, -0.2) is 49.9 Å². The number of fused-ring (bicyclic) bond motifs is 1. The number of hydrogen-bond acceptors (Lipinski definition) is 6. The predicted octanol–water partition coefficient (Wildman–Crippen LogP) is 2.11. The Labute approximate surface area is 157 Å². The highest BCUT2D eigenvalue weighted by molar-refractivity contribution is 7.91. The third kappa shape index (κ3) is 3.23. The minimum Gasteiger partial charge on any atom is -0.374 e. The number of anilines is 1. The number of benzene rings is 1. The van der Waals surface area contributed by atoms with Crippen molar-refractivity contribution in [3.63, 3.8) is 0 Å². The molecule has 0 spiro atoms. The molecule has 3 heterocycles. The van der Waals surface area contributed by atoms with E-state index in [-0.39, 0.29) is 17.4 Å². The number of amides is 1. The van der Waals surface area contributed by atoms with E-state index in [0.717, 1.165) is 23.5 Å². The average molecular weight is 392 g/mol. The number of thiazole rings is 1. The van der Waals surface area contributed by atoms with Crippen molar-refractivity contribution in [2.45, 2.75) is 25.3 Å². The molecule has 8 heteroatoms. The third-order valence-electron chi connectivity index (χ3n) is 5.11.